The van der Waals surface area contributed by atoms with Crippen LogP contribution in [0.1, 0.15) is 25.3 Å². The summed E-state index contributed by atoms with van der Waals surface area (Å²) in [5.41, 5.74) is 2.72. The van der Waals surface area contributed by atoms with E-state index >= 15 is 0 Å². The maximum absolute atomic E-state index is 12.2. The fourth-order valence-electron chi connectivity index (χ4n) is 2.55. The van der Waals surface area contributed by atoms with Crippen LogP contribution in [0, 0.1) is 0 Å². The Morgan fingerprint density at radius 1 is 1.10 bits per heavy atom. The number of anilines is 1. The lowest BCUT2D eigenvalue weighted by molar-refractivity contribution is -0.111. The number of hydrogen-bond acceptors (Lipinski definition) is 5. The third-order valence-electron chi connectivity index (χ3n) is 4.19. The fourth-order valence-corrected chi connectivity index (χ4v) is 3.28. The predicted octanol–water partition coefficient (Wildman–Crippen LogP) is 5.65. The molecule has 0 aliphatic rings. The van der Waals surface area contributed by atoms with Crippen molar-refractivity contribution in [3.05, 3.63) is 65.6 Å². The number of ether oxygens (including phenoxy) is 2. The van der Waals surface area contributed by atoms with Crippen LogP contribution in [0.4, 0.5) is 5.13 Å². The molecule has 1 heterocycles. The number of nitrogens with one attached hydrogen (secondary N) is 1. The monoisotopic (exact) mass is 408 g/mol. The van der Waals surface area contributed by atoms with E-state index in [1.54, 1.807) is 13.2 Å². The van der Waals surface area contributed by atoms with Gasteiger partial charge in [-0.25, -0.2) is 4.98 Å². The Labute approximate surface area is 175 Å². The molecule has 0 bridgehead atoms. The van der Waals surface area contributed by atoms with Crippen LogP contribution in [0.5, 0.6) is 11.5 Å². The second-order valence-electron chi connectivity index (χ2n) is 6.36. The second kappa shape index (κ2) is 10.4. The lowest BCUT2D eigenvalue weighted by Crippen LogP contribution is -2.07. The van der Waals surface area contributed by atoms with Gasteiger partial charge in [-0.3, -0.25) is 10.1 Å². The summed E-state index contributed by atoms with van der Waals surface area (Å²) in [4.78, 5) is 16.7. The summed E-state index contributed by atoms with van der Waals surface area (Å²) in [6.45, 7) is 2.86. The van der Waals surface area contributed by atoms with E-state index in [9.17, 15) is 4.79 Å². The minimum absolute atomic E-state index is 0.219. The van der Waals surface area contributed by atoms with Crippen LogP contribution in [0.2, 0.25) is 0 Å². The standard InChI is InChI=1S/C23H24N2O3S/c1-3-4-15-28-20-10-5-17(6-11-20)7-14-22(26)25-23-24-21(16-29-23)18-8-12-19(27-2)13-9-18/h5-14,16H,3-4,15H2,1-2H3,(H,24,25,26). The molecular weight excluding hydrogens is 384 g/mol. The Balaban J connectivity index is 1.54. The number of methoxy groups -OCH3 is 1. The van der Waals surface area contributed by atoms with Crippen LogP contribution in [-0.2, 0) is 4.79 Å². The molecule has 0 atom stereocenters. The molecule has 0 spiro atoms. The Kier molecular flexibility index (Phi) is 7.41. The number of carbonyl (C=O) groups is 1. The number of benzene rings is 2. The van der Waals surface area contributed by atoms with Crippen LogP contribution in [0.3, 0.4) is 0 Å². The van der Waals surface area contributed by atoms with E-state index < -0.39 is 0 Å². The molecule has 0 saturated heterocycles. The van der Waals surface area contributed by atoms with Crippen molar-refractivity contribution < 1.29 is 14.3 Å². The Hall–Kier alpha value is -3.12. The molecule has 1 amide bonds. The Morgan fingerprint density at radius 2 is 1.83 bits per heavy atom. The predicted molar refractivity (Wildman–Crippen MR) is 119 cm³/mol. The molecule has 0 aliphatic carbocycles. The van der Waals surface area contributed by atoms with Crippen molar-refractivity contribution in [1.29, 1.82) is 0 Å². The second-order valence-corrected chi connectivity index (χ2v) is 7.22. The first-order valence-electron chi connectivity index (χ1n) is 9.50. The highest BCUT2D eigenvalue weighted by atomic mass is 32.1. The summed E-state index contributed by atoms with van der Waals surface area (Å²) in [7, 11) is 1.63. The van der Waals surface area contributed by atoms with Crippen LogP contribution >= 0.6 is 11.3 Å². The van der Waals surface area contributed by atoms with Gasteiger partial charge in [0.1, 0.15) is 11.5 Å². The van der Waals surface area contributed by atoms with E-state index in [2.05, 4.69) is 17.2 Å². The molecule has 1 aromatic heterocycles. The van der Waals surface area contributed by atoms with Crippen molar-refractivity contribution in [3.63, 3.8) is 0 Å². The molecule has 6 heteroatoms. The largest absolute Gasteiger partial charge is 0.497 e. The minimum Gasteiger partial charge on any atom is -0.497 e. The first kappa shape index (κ1) is 20.6. The van der Waals surface area contributed by atoms with Crippen molar-refractivity contribution in [3.8, 4) is 22.8 Å². The smallest absolute Gasteiger partial charge is 0.250 e. The number of nitrogens with zero attached hydrogens (tertiary/aromatic N) is 1. The van der Waals surface area contributed by atoms with E-state index in [-0.39, 0.29) is 5.91 Å². The highest BCUT2D eigenvalue weighted by Gasteiger charge is 2.07. The number of carbonyl (C=O) groups excluding carboxylic acids is 1. The molecule has 0 radical (unpaired) electrons. The van der Waals surface area contributed by atoms with Gasteiger partial charge in [-0.15, -0.1) is 11.3 Å². The van der Waals surface area contributed by atoms with E-state index in [0.29, 0.717) is 5.13 Å². The van der Waals surface area contributed by atoms with Gasteiger partial charge in [0.2, 0.25) is 5.91 Å². The zero-order valence-corrected chi connectivity index (χ0v) is 17.4. The van der Waals surface area contributed by atoms with E-state index in [4.69, 9.17) is 9.47 Å². The normalized spacial score (nSPS) is 10.8. The zero-order valence-electron chi connectivity index (χ0n) is 16.6. The van der Waals surface area contributed by atoms with Crippen LogP contribution < -0.4 is 14.8 Å². The summed E-state index contributed by atoms with van der Waals surface area (Å²) >= 11 is 1.39. The quantitative estimate of drug-likeness (QED) is 0.367. The summed E-state index contributed by atoms with van der Waals surface area (Å²) in [5.74, 6) is 1.42. The van der Waals surface area contributed by atoms with Crippen LogP contribution in [0.15, 0.2) is 60.0 Å². The number of amides is 1. The van der Waals surface area contributed by atoms with E-state index in [1.807, 2.05) is 53.9 Å². The van der Waals surface area contributed by atoms with E-state index in [1.165, 1.54) is 17.4 Å². The summed E-state index contributed by atoms with van der Waals surface area (Å²) < 4.78 is 10.8. The molecule has 0 aliphatic heterocycles. The van der Waals surface area contributed by atoms with Gasteiger partial charge in [0.15, 0.2) is 5.13 Å². The lowest BCUT2D eigenvalue weighted by atomic mass is 10.2. The molecule has 0 saturated carbocycles. The van der Waals surface area contributed by atoms with Crippen molar-refractivity contribution in [1.82, 2.24) is 4.98 Å². The first-order valence-corrected chi connectivity index (χ1v) is 10.4. The number of hydrogen-bond donors (Lipinski definition) is 1. The average Bonchev–Trinajstić information content (AvgIpc) is 3.22. The van der Waals surface area contributed by atoms with Gasteiger partial charge in [0.05, 0.1) is 19.4 Å². The number of aromatic nitrogens is 1. The Bertz CT molecular complexity index is 947. The minimum atomic E-state index is -0.219. The van der Waals surface area contributed by atoms with Crippen LogP contribution in [-0.4, -0.2) is 24.6 Å². The topological polar surface area (TPSA) is 60.5 Å². The summed E-state index contributed by atoms with van der Waals surface area (Å²) in [6.07, 6.45) is 5.42. The molecule has 0 fully saturated rings. The third-order valence-corrected chi connectivity index (χ3v) is 4.95. The van der Waals surface area contributed by atoms with Crippen LogP contribution in [0.25, 0.3) is 17.3 Å². The SMILES string of the molecule is CCCCOc1ccc(C=CC(=O)Nc2nc(-c3ccc(OC)cc3)cs2)cc1. The third kappa shape index (κ3) is 6.19. The molecule has 0 unspecified atom stereocenters. The number of thiazole rings is 1. The highest BCUT2D eigenvalue weighted by Crippen LogP contribution is 2.26. The van der Waals surface area contributed by atoms with Crippen molar-refractivity contribution >= 4 is 28.5 Å². The molecule has 150 valence electrons. The maximum atomic E-state index is 12.2. The fraction of sp³-hybridized carbons (Fsp3) is 0.217. The molecule has 3 rings (SSSR count). The highest BCUT2D eigenvalue weighted by molar-refractivity contribution is 7.14. The Morgan fingerprint density at radius 3 is 2.52 bits per heavy atom. The van der Waals surface area contributed by atoms with E-state index in [0.717, 1.165) is 47.8 Å². The van der Waals surface area contributed by atoms with Gasteiger partial charge in [0.25, 0.3) is 0 Å². The van der Waals surface area contributed by atoms with Gasteiger partial charge >= 0.3 is 0 Å². The van der Waals surface area contributed by atoms with Crippen molar-refractivity contribution in [2.24, 2.45) is 0 Å². The molecular formula is C23H24N2O3S. The number of rotatable bonds is 9. The first-order chi connectivity index (χ1) is 14.2. The molecule has 29 heavy (non-hydrogen) atoms. The zero-order chi connectivity index (χ0) is 20.5. The van der Waals surface area contributed by atoms with Crippen molar-refractivity contribution in [2.45, 2.75) is 19.8 Å². The molecule has 2 aromatic carbocycles. The van der Waals surface area contributed by atoms with Gasteiger partial charge in [-0.1, -0.05) is 25.5 Å². The van der Waals surface area contributed by atoms with Gasteiger partial charge in [-0.05, 0) is 54.5 Å². The van der Waals surface area contributed by atoms with Gasteiger partial charge in [-0.2, -0.15) is 0 Å². The lowest BCUT2D eigenvalue weighted by Gasteiger charge is -2.05. The van der Waals surface area contributed by atoms with Gasteiger partial charge < -0.3 is 9.47 Å². The summed E-state index contributed by atoms with van der Waals surface area (Å²) in [5, 5.41) is 5.28. The van der Waals surface area contributed by atoms with Gasteiger partial charge in [0, 0.05) is 17.0 Å². The summed E-state index contributed by atoms with van der Waals surface area (Å²) in [6, 6.07) is 15.3. The average molecular weight is 409 g/mol. The molecule has 1 N–H and O–H groups in total. The maximum Gasteiger partial charge on any atom is 0.250 e. The van der Waals surface area contributed by atoms with Crippen molar-refractivity contribution in [2.75, 3.05) is 19.0 Å². The molecule has 3 aromatic rings. The molecule has 5 nitrogen and oxygen atoms in total. The number of unbranched alkanes of at least 4 members (excludes halogenated alkanes) is 1.